The summed E-state index contributed by atoms with van der Waals surface area (Å²) in [5, 5.41) is 4.46. The van der Waals surface area contributed by atoms with Gasteiger partial charge in [-0.15, -0.1) is 0 Å². The zero-order chi connectivity index (χ0) is 14.1. The molecule has 3 rings (SSSR count). The van der Waals surface area contributed by atoms with Crippen LogP contribution in [0.15, 0.2) is 54.6 Å². The van der Waals surface area contributed by atoms with Crippen LogP contribution >= 0.6 is 0 Å². The van der Waals surface area contributed by atoms with E-state index >= 15 is 0 Å². The van der Waals surface area contributed by atoms with Crippen LogP contribution in [0.4, 0.5) is 10.2 Å². The summed E-state index contributed by atoms with van der Waals surface area (Å²) in [6.07, 6.45) is 0. The Morgan fingerprint density at radius 1 is 1.05 bits per heavy atom. The number of nitrogens with zero attached hydrogens (tertiary/aromatic N) is 2. The first kappa shape index (κ1) is 12.4. The van der Waals surface area contributed by atoms with E-state index in [1.807, 2.05) is 31.2 Å². The van der Waals surface area contributed by atoms with Crippen LogP contribution < -0.4 is 5.73 Å². The number of anilines is 1. The maximum Gasteiger partial charge on any atom is 0.127 e. The van der Waals surface area contributed by atoms with E-state index in [0.717, 1.165) is 16.8 Å². The lowest BCUT2D eigenvalue weighted by Crippen LogP contribution is -2.01. The van der Waals surface area contributed by atoms with Gasteiger partial charge in [0.15, 0.2) is 0 Å². The van der Waals surface area contributed by atoms with Crippen molar-refractivity contribution < 1.29 is 4.39 Å². The van der Waals surface area contributed by atoms with Gasteiger partial charge in [0.1, 0.15) is 11.6 Å². The standard InChI is InChI=1S/C16H14FN3/c1-11-4-2-5-12(8-11)15-10-16(18)20(19-15)14-7-3-6-13(17)9-14/h2-10H,18H2,1H3. The highest BCUT2D eigenvalue weighted by Crippen LogP contribution is 2.23. The fraction of sp³-hybridized carbons (Fsp3) is 0.0625. The first-order chi connectivity index (χ1) is 9.63. The van der Waals surface area contributed by atoms with Crippen molar-refractivity contribution in [2.75, 3.05) is 5.73 Å². The van der Waals surface area contributed by atoms with Crippen LogP contribution in [0, 0.1) is 12.7 Å². The summed E-state index contributed by atoms with van der Waals surface area (Å²) in [6.45, 7) is 2.02. The molecule has 0 amide bonds. The number of halogens is 1. The summed E-state index contributed by atoms with van der Waals surface area (Å²) in [7, 11) is 0. The molecule has 2 aromatic carbocycles. The molecule has 4 heteroatoms. The van der Waals surface area contributed by atoms with Crippen LogP contribution in [0.2, 0.25) is 0 Å². The van der Waals surface area contributed by atoms with Crippen LogP contribution in [-0.2, 0) is 0 Å². The maximum absolute atomic E-state index is 13.3. The molecule has 0 bridgehead atoms. The number of hydrogen-bond acceptors (Lipinski definition) is 2. The topological polar surface area (TPSA) is 43.8 Å². The third-order valence-electron chi connectivity index (χ3n) is 3.10. The molecule has 1 heterocycles. The molecule has 0 spiro atoms. The van der Waals surface area contributed by atoms with E-state index < -0.39 is 0 Å². The van der Waals surface area contributed by atoms with Crippen LogP contribution in [-0.4, -0.2) is 9.78 Å². The van der Waals surface area contributed by atoms with Gasteiger partial charge in [-0.05, 0) is 31.2 Å². The van der Waals surface area contributed by atoms with Gasteiger partial charge in [-0.1, -0.05) is 29.8 Å². The largest absolute Gasteiger partial charge is 0.384 e. The number of nitrogens with two attached hydrogens (primary N) is 1. The van der Waals surface area contributed by atoms with Gasteiger partial charge in [0.2, 0.25) is 0 Å². The van der Waals surface area contributed by atoms with Gasteiger partial charge in [-0.2, -0.15) is 5.10 Å². The minimum atomic E-state index is -0.311. The molecule has 0 unspecified atom stereocenters. The fourth-order valence-corrected chi connectivity index (χ4v) is 2.16. The Hall–Kier alpha value is -2.62. The van der Waals surface area contributed by atoms with Crippen molar-refractivity contribution in [2.24, 2.45) is 0 Å². The average Bonchev–Trinajstić information content (AvgIpc) is 2.81. The molecule has 3 nitrogen and oxygen atoms in total. The van der Waals surface area contributed by atoms with Crippen molar-refractivity contribution in [3.8, 4) is 16.9 Å². The quantitative estimate of drug-likeness (QED) is 0.771. The van der Waals surface area contributed by atoms with Gasteiger partial charge in [-0.3, -0.25) is 0 Å². The Morgan fingerprint density at radius 2 is 1.85 bits per heavy atom. The van der Waals surface area contributed by atoms with E-state index in [1.54, 1.807) is 22.9 Å². The minimum absolute atomic E-state index is 0.311. The summed E-state index contributed by atoms with van der Waals surface area (Å²) in [5.41, 5.74) is 9.51. The second kappa shape index (κ2) is 4.81. The summed E-state index contributed by atoms with van der Waals surface area (Å²) in [4.78, 5) is 0. The first-order valence-electron chi connectivity index (χ1n) is 6.32. The second-order valence-corrected chi connectivity index (χ2v) is 4.72. The Morgan fingerprint density at radius 3 is 2.60 bits per heavy atom. The predicted molar refractivity (Wildman–Crippen MR) is 78.1 cm³/mol. The monoisotopic (exact) mass is 267 g/mol. The van der Waals surface area contributed by atoms with E-state index in [-0.39, 0.29) is 5.82 Å². The van der Waals surface area contributed by atoms with Gasteiger partial charge in [0.05, 0.1) is 11.4 Å². The second-order valence-electron chi connectivity index (χ2n) is 4.72. The van der Waals surface area contributed by atoms with Crippen molar-refractivity contribution >= 4 is 5.82 Å². The van der Waals surface area contributed by atoms with E-state index in [2.05, 4.69) is 5.10 Å². The molecule has 0 aliphatic carbocycles. The summed E-state index contributed by atoms with van der Waals surface area (Å²) in [5.74, 6) is 0.168. The number of rotatable bonds is 2. The highest BCUT2D eigenvalue weighted by Gasteiger charge is 2.09. The van der Waals surface area contributed by atoms with Crippen molar-refractivity contribution in [1.82, 2.24) is 9.78 Å². The highest BCUT2D eigenvalue weighted by molar-refractivity contribution is 5.64. The first-order valence-corrected chi connectivity index (χ1v) is 6.32. The van der Waals surface area contributed by atoms with Crippen LogP contribution in [0.25, 0.3) is 16.9 Å². The molecular weight excluding hydrogens is 253 g/mol. The molecule has 20 heavy (non-hydrogen) atoms. The fourth-order valence-electron chi connectivity index (χ4n) is 2.16. The average molecular weight is 267 g/mol. The lowest BCUT2D eigenvalue weighted by atomic mass is 10.1. The Kier molecular flexibility index (Phi) is 2.99. The van der Waals surface area contributed by atoms with E-state index in [0.29, 0.717) is 11.5 Å². The molecule has 3 aromatic rings. The van der Waals surface area contributed by atoms with Crippen LogP contribution in [0.5, 0.6) is 0 Å². The molecular formula is C16H14FN3. The molecule has 0 fully saturated rings. The number of nitrogen functional groups attached to an aromatic ring is 1. The molecule has 0 aliphatic heterocycles. The molecule has 1 aromatic heterocycles. The smallest absolute Gasteiger partial charge is 0.127 e. The van der Waals surface area contributed by atoms with Crippen LogP contribution in [0.1, 0.15) is 5.56 Å². The third kappa shape index (κ3) is 2.28. The lowest BCUT2D eigenvalue weighted by molar-refractivity contribution is 0.625. The molecule has 0 aliphatic rings. The zero-order valence-corrected chi connectivity index (χ0v) is 11.0. The molecule has 0 radical (unpaired) electrons. The molecule has 0 saturated heterocycles. The van der Waals surface area contributed by atoms with Crippen molar-refractivity contribution in [2.45, 2.75) is 6.92 Å². The van der Waals surface area contributed by atoms with Crippen molar-refractivity contribution in [3.63, 3.8) is 0 Å². The molecule has 0 saturated carbocycles. The van der Waals surface area contributed by atoms with Gasteiger partial charge < -0.3 is 5.73 Å². The summed E-state index contributed by atoms with van der Waals surface area (Å²) < 4.78 is 14.8. The summed E-state index contributed by atoms with van der Waals surface area (Å²) >= 11 is 0. The number of aromatic nitrogens is 2. The van der Waals surface area contributed by atoms with Gasteiger partial charge in [-0.25, -0.2) is 9.07 Å². The molecule has 0 atom stereocenters. The SMILES string of the molecule is Cc1cccc(-c2cc(N)n(-c3cccc(F)c3)n2)c1. The minimum Gasteiger partial charge on any atom is -0.384 e. The number of aryl methyl sites for hydroxylation is 1. The summed E-state index contributed by atoms with van der Waals surface area (Å²) in [6, 6.07) is 16.0. The van der Waals surface area contributed by atoms with E-state index in [9.17, 15) is 4.39 Å². The van der Waals surface area contributed by atoms with Gasteiger partial charge in [0, 0.05) is 11.6 Å². The Labute approximate surface area is 116 Å². The normalized spacial score (nSPS) is 10.7. The van der Waals surface area contributed by atoms with E-state index in [4.69, 9.17) is 5.73 Å². The van der Waals surface area contributed by atoms with Crippen molar-refractivity contribution in [1.29, 1.82) is 0 Å². The lowest BCUT2D eigenvalue weighted by Gasteiger charge is -2.03. The van der Waals surface area contributed by atoms with Gasteiger partial charge >= 0.3 is 0 Å². The van der Waals surface area contributed by atoms with E-state index in [1.165, 1.54) is 12.1 Å². The highest BCUT2D eigenvalue weighted by atomic mass is 19.1. The third-order valence-corrected chi connectivity index (χ3v) is 3.10. The predicted octanol–water partition coefficient (Wildman–Crippen LogP) is 3.57. The Bertz CT molecular complexity index is 762. The maximum atomic E-state index is 13.3. The molecule has 2 N–H and O–H groups in total. The van der Waals surface area contributed by atoms with Crippen LogP contribution in [0.3, 0.4) is 0 Å². The van der Waals surface area contributed by atoms with Crippen molar-refractivity contribution in [3.05, 3.63) is 66.0 Å². The number of hydrogen-bond donors (Lipinski definition) is 1. The molecule has 100 valence electrons. The number of benzene rings is 2. The Balaban J connectivity index is 2.08. The zero-order valence-electron chi connectivity index (χ0n) is 11.0. The van der Waals surface area contributed by atoms with Gasteiger partial charge in [0.25, 0.3) is 0 Å².